The topological polar surface area (TPSA) is 66.8 Å². The zero-order valence-corrected chi connectivity index (χ0v) is 13.9. The first-order valence-corrected chi connectivity index (χ1v) is 7.98. The van der Waals surface area contributed by atoms with Crippen molar-refractivity contribution in [1.29, 1.82) is 0 Å². The van der Waals surface area contributed by atoms with Gasteiger partial charge in [0, 0.05) is 13.1 Å². The van der Waals surface area contributed by atoms with Crippen molar-refractivity contribution in [3.63, 3.8) is 0 Å². The zero-order chi connectivity index (χ0) is 15.9. The molecule has 1 aliphatic rings. The highest BCUT2D eigenvalue weighted by atomic mass is 16.1. The highest BCUT2D eigenvalue weighted by Gasteiger charge is 2.29. The van der Waals surface area contributed by atoms with Crippen LogP contribution < -0.4 is 5.56 Å². The second-order valence-corrected chi connectivity index (χ2v) is 7.55. The first-order valence-electron chi connectivity index (χ1n) is 7.98. The molecule has 3 heterocycles. The molecule has 1 N–H and O–H groups in total. The van der Waals surface area contributed by atoms with Gasteiger partial charge in [0.2, 0.25) is 0 Å². The maximum atomic E-state index is 12.1. The molecular weight excluding hydrogens is 278 g/mol. The van der Waals surface area contributed by atoms with Crippen LogP contribution in [-0.4, -0.2) is 37.2 Å². The van der Waals surface area contributed by atoms with Gasteiger partial charge in [0.1, 0.15) is 11.2 Å². The average Bonchev–Trinajstić information content (AvgIpc) is 2.97. The Morgan fingerprint density at radius 2 is 2.18 bits per heavy atom. The van der Waals surface area contributed by atoms with Gasteiger partial charge in [-0.05, 0) is 31.2 Å². The molecule has 2 aromatic rings. The van der Waals surface area contributed by atoms with E-state index in [9.17, 15) is 4.79 Å². The van der Waals surface area contributed by atoms with E-state index >= 15 is 0 Å². The zero-order valence-electron chi connectivity index (χ0n) is 13.9. The molecule has 1 atom stereocenters. The fourth-order valence-electron chi connectivity index (χ4n) is 3.39. The minimum atomic E-state index is -0.0975. The van der Waals surface area contributed by atoms with Crippen LogP contribution in [0.3, 0.4) is 0 Å². The highest BCUT2D eigenvalue weighted by molar-refractivity contribution is 5.72. The summed E-state index contributed by atoms with van der Waals surface area (Å²) in [4.78, 5) is 22.1. The van der Waals surface area contributed by atoms with Crippen molar-refractivity contribution in [1.82, 2.24) is 24.6 Å². The van der Waals surface area contributed by atoms with Crippen LogP contribution in [0.5, 0.6) is 0 Å². The Morgan fingerprint density at radius 1 is 1.41 bits per heavy atom. The quantitative estimate of drug-likeness (QED) is 0.942. The summed E-state index contributed by atoms with van der Waals surface area (Å²) >= 11 is 0. The van der Waals surface area contributed by atoms with Crippen molar-refractivity contribution in [2.45, 2.75) is 52.6 Å². The summed E-state index contributed by atoms with van der Waals surface area (Å²) < 4.78 is 1.66. The molecule has 3 rings (SSSR count). The number of hydrogen-bond acceptors (Lipinski definition) is 4. The molecular formula is C16H25N5O. The lowest BCUT2D eigenvalue weighted by Gasteiger charge is -2.29. The number of nitrogens with one attached hydrogen (secondary N) is 1. The number of aromatic nitrogens is 4. The lowest BCUT2D eigenvalue weighted by Crippen LogP contribution is -2.33. The van der Waals surface area contributed by atoms with Gasteiger partial charge in [0.15, 0.2) is 5.65 Å². The number of fused-ring (bicyclic) bond motifs is 1. The van der Waals surface area contributed by atoms with Gasteiger partial charge in [-0.2, -0.15) is 5.10 Å². The summed E-state index contributed by atoms with van der Waals surface area (Å²) in [5.74, 6) is 0.738. The molecule has 1 fully saturated rings. The summed E-state index contributed by atoms with van der Waals surface area (Å²) in [6, 6.07) is 0.576. The number of hydrogen-bond donors (Lipinski definition) is 1. The molecule has 6 heteroatoms. The van der Waals surface area contributed by atoms with Gasteiger partial charge in [-0.25, -0.2) is 4.98 Å². The molecule has 0 radical (unpaired) electrons. The summed E-state index contributed by atoms with van der Waals surface area (Å²) in [7, 11) is 1.82. The molecule has 0 aliphatic carbocycles. The van der Waals surface area contributed by atoms with E-state index in [1.54, 1.807) is 10.9 Å². The Hall–Kier alpha value is -1.69. The maximum Gasteiger partial charge on any atom is 0.262 e. The Bertz CT molecular complexity index is 724. The SMILES string of the molecule is Cn1ncc2c(=O)[nH]c(CN3CCC[C@@H]3CC(C)(C)C)nc21. The fraction of sp³-hybridized carbons (Fsp3) is 0.688. The van der Waals surface area contributed by atoms with Crippen molar-refractivity contribution in [3.8, 4) is 0 Å². The van der Waals surface area contributed by atoms with E-state index in [2.05, 4.69) is 40.7 Å². The Morgan fingerprint density at radius 3 is 2.91 bits per heavy atom. The molecule has 0 saturated carbocycles. The highest BCUT2D eigenvalue weighted by Crippen LogP contribution is 2.30. The molecule has 1 aliphatic heterocycles. The van der Waals surface area contributed by atoms with Gasteiger partial charge < -0.3 is 4.98 Å². The molecule has 2 aromatic heterocycles. The van der Waals surface area contributed by atoms with Crippen LogP contribution >= 0.6 is 0 Å². The first-order chi connectivity index (χ1) is 10.3. The van der Waals surface area contributed by atoms with Gasteiger partial charge in [0.25, 0.3) is 5.56 Å². The van der Waals surface area contributed by atoms with Crippen LogP contribution in [-0.2, 0) is 13.6 Å². The molecule has 6 nitrogen and oxygen atoms in total. The van der Waals surface area contributed by atoms with Gasteiger partial charge in [-0.15, -0.1) is 0 Å². The van der Waals surface area contributed by atoms with E-state index < -0.39 is 0 Å². The van der Waals surface area contributed by atoms with Crippen LogP contribution in [0.15, 0.2) is 11.0 Å². The van der Waals surface area contributed by atoms with E-state index in [4.69, 9.17) is 0 Å². The van der Waals surface area contributed by atoms with Crippen LogP contribution in [0.1, 0.15) is 45.9 Å². The number of H-pyrrole nitrogens is 1. The monoisotopic (exact) mass is 303 g/mol. The number of aryl methyl sites for hydroxylation is 1. The maximum absolute atomic E-state index is 12.1. The minimum absolute atomic E-state index is 0.0975. The molecule has 22 heavy (non-hydrogen) atoms. The van der Waals surface area contributed by atoms with Crippen molar-refractivity contribution in [2.24, 2.45) is 12.5 Å². The minimum Gasteiger partial charge on any atom is -0.309 e. The van der Waals surface area contributed by atoms with E-state index in [1.807, 2.05) is 7.05 Å². The largest absolute Gasteiger partial charge is 0.309 e. The normalized spacial score (nSPS) is 20.1. The Labute approximate surface area is 130 Å². The first kappa shape index (κ1) is 15.2. The number of likely N-dealkylation sites (tertiary alicyclic amines) is 1. The van der Waals surface area contributed by atoms with Crippen LogP contribution in [0.25, 0.3) is 11.0 Å². The average molecular weight is 303 g/mol. The van der Waals surface area contributed by atoms with E-state index in [-0.39, 0.29) is 5.56 Å². The molecule has 1 saturated heterocycles. The summed E-state index contributed by atoms with van der Waals surface area (Å²) in [5.41, 5.74) is 0.880. The number of nitrogens with zero attached hydrogens (tertiary/aromatic N) is 4. The number of aromatic amines is 1. The second kappa shape index (κ2) is 5.50. The molecule has 0 spiro atoms. The molecule has 0 bridgehead atoms. The Kier molecular flexibility index (Phi) is 3.80. The van der Waals surface area contributed by atoms with Gasteiger partial charge in [0.05, 0.1) is 12.7 Å². The third kappa shape index (κ3) is 3.06. The predicted octanol–water partition coefficient (Wildman–Crippen LogP) is 2.06. The summed E-state index contributed by atoms with van der Waals surface area (Å²) in [6.45, 7) is 8.63. The van der Waals surface area contributed by atoms with Gasteiger partial charge in [-0.1, -0.05) is 20.8 Å². The lowest BCUT2D eigenvalue weighted by atomic mass is 9.87. The second-order valence-electron chi connectivity index (χ2n) is 7.55. The smallest absolute Gasteiger partial charge is 0.262 e. The van der Waals surface area contributed by atoms with Crippen LogP contribution in [0, 0.1) is 5.41 Å². The third-order valence-corrected chi connectivity index (χ3v) is 4.35. The van der Waals surface area contributed by atoms with Crippen molar-refractivity contribution >= 4 is 11.0 Å². The van der Waals surface area contributed by atoms with E-state index in [0.29, 0.717) is 29.0 Å². The van der Waals surface area contributed by atoms with Gasteiger partial charge in [-0.3, -0.25) is 14.4 Å². The summed E-state index contributed by atoms with van der Waals surface area (Å²) in [6.07, 6.45) is 5.20. The lowest BCUT2D eigenvalue weighted by molar-refractivity contribution is 0.181. The van der Waals surface area contributed by atoms with Gasteiger partial charge >= 0.3 is 0 Å². The van der Waals surface area contributed by atoms with Crippen LogP contribution in [0.4, 0.5) is 0 Å². The summed E-state index contributed by atoms with van der Waals surface area (Å²) in [5, 5.41) is 4.67. The van der Waals surface area contributed by atoms with Crippen molar-refractivity contribution in [2.75, 3.05) is 6.54 Å². The van der Waals surface area contributed by atoms with E-state index in [1.165, 1.54) is 19.3 Å². The standard InChI is InChI=1S/C16H25N5O/c1-16(2,3)8-11-6-5-7-21(11)10-13-18-14-12(15(22)19-13)9-17-20(14)4/h9,11H,5-8,10H2,1-4H3,(H,18,19,22)/t11-/m1/s1. The number of rotatable bonds is 3. The van der Waals surface area contributed by atoms with Crippen molar-refractivity contribution < 1.29 is 0 Å². The fourth-order valence-corrected chi connectivity index (χ4v) is 3.39. The molecule has 0 unspecified atom stereocenters. The van der Waals surface area contributed by atoms with Crippen LogP contribution in [0.2, 0.25) is 0 Å². The molecule has 0 amide bonds. The van der Waals surface area contributed by atoms with E-state index in [0.717, 1.165) is 12.4 Å². The third-order valence-electron chi connectivity index (χ3n) is 4.35. The van der Waals surface area contributed by atoms with Crippen molar-refractivity contribution in [3.05, 3.63) is 22.4 Å². The Balaban J connectivity index is 1.83. The molecule has 0 aromatic carbocycles. The molecule has 120 valence electrons. The predicted molar refractivity (Wildman–Crippen MR) is 86.6 cm³/mol.